The Labute approximate surface area is 176 Å². The van der Waals surface area contributed by atoms with Crippen LogP contribution in [0.3, 0.4) is 0 Å². The summed E-state index contributed by atoms with van der Waals surface area (Å²) in [5, 5.41) is 11.5. The number of carbonyl (C=O) groups is 2. The number of nitrogens with zero attached hydrogens (tertiary/aromatic N) is 5. The standard InChI is InChI=1S/C21H30N6O3/c1-6-27-10-17(13(4)24-27)18(28)23-16-7-15-9-26(19(29)12(2)3)11-21(15,8-16)20-22-14(5)25-30-20/h10,12,15-16H,6-9,11H2,1-5H3,(H,23,28)/t15-,16+,21-/m0/s1. The van der Waals surface area contributed by atoms with Crippen molar-refractivity contribution in [2.24, 2.45) is 11.8 Å². The Morgan fingerprint density at radius 1 is 1.37 bits per heavy atom. The molecule has 0 spiro atoms. The lowest BCUT2D eigenvalue weighted by atomic mass is 9.80. The summed E-state index contributed by atoms with van der Waals surface area (Å²) in [7, 11) is 0. The maximum atomic E-state index is 12.9. The first-order chi connectivity index (χ1) is 14.2. The molecule has 1 aliphatic heterocycles. The van der Waals surface area contributed by atoms with E-state index in [0.29, 0.717) is 36.8 Å². The number of hydrogen-bond acceptors (Lipinski definition) is 6. The second kappa shape index (κ2) is 7.52. The molecule has 2 aliphatic rings. The summed E-state index contributed by atoms with van der Waals surface area (Å²) in [4.78, 5) is 32.0. The van der Waals surface area contributed by atoms with Gasteiger partial charge < -0.3 is 14.7 Å². The number of fused-ring (bicyclic) bond motifs is 1. The first-order valence-electron chi connectivity index (χ1n) is 10.7. The highest BCUT2D eigenvalue weighted by Gasteiger charge is 2.58. The molecule has 0 radical (unpaired) electrons. The van der Waals surface area contributed by atoms with Gasteiger partial charge in [0.05, 0.1) is 16.7 Å². The number of carbonyl (C=O) groups excluding carboxylic acids is 2. The summed E-state index contributed by atoms with van der Waals surface area (Å²) >= 11 is 0. The lowest BCUT2D eigenvalue weighted by Gasteiger charge is -2.26. The summed E-state index contributed by atoms with van der Waals surface area (Å²) in [6, 6.07) is -0.0182. The number of aryl methyl sites for hydroxylation is 3. The van der Waals surface area contributed by atoms with Gasteiger partial charge in [-0.2, -0.15) is 10.1 Å². The molecule has 0 unspecified atom stereocenters. The van der Waals surface area contributed by atoms with E-state index in [-0.39, 0.29) is 29.7 Å². The van der Waals surface area contributed by atoms with Gasteiger partial charge in [-0.05, 0) is 39.5 Å². The zero-order valence-corrected chi connectivity index (χ0v) is 18.3. The molecular formula is C21H30N6O3. The predicted octanol–water partition coefficient (Wildman–Crippen LogP) is 1.85. The number of amides is 2. The fourth-order valence-corrected chi connectivity index (χ4v) is 5.01. The van der Waals surface area contributed by atoms with E-state index >= 15 is 0 Å². The lowest BCUT2D eigenvalue weighted by Crippen LogP contribution is -2.40. The van der Waals surface area contributed by atoms with Crippen LogP contribution in [-0.4, -0.2) is 55.8 Å². The first kappa shape index (κ1) is 20.6. The van der Waals surface area contributed by atoms with E-state index in [1.165, 1.54) is 0 Å². The van der Waals surface area contributed by atoms with Crippen molar-refractivity contribution in [2.45, 2.75) is 65.5 Å². The molecule has 0 aromatic carbocycles. The monoisotopic (exact) mass is 414 g/mol. The summed E-state index contributed by atoms with van der Waals surface area (Å²) in [5.41, 5.74) is 0.920. The van der Waals surface area contributed by atoms with Crippen LogP contribution < -0.4 is 5.32 Å². The quantitative estimate of drug-likeness (QED) is 0.800. The Balaban J connectivity index is 1.55. The zero-order chi connectivity index (χ0) is 21.6. The van der Waals surface area contributed by atoms with Crippen molar-refractivity contribution in [3.63, 3.8) is 0 Å². The van der Waals surface area contributed by atoms with Gasteiger partial charge in [-0.1, -0.05) is 19.0 Å². The van der Waals surface area contributed by atoms with Crippen LogP contribution in [0.4, 0.5) is 0 Å². The van der Waals surface area contributed by atoms with E-state index in [4.69, 9.17) is 4.52 Å². The molecule has 0 bridgehead atoms. The van der Waals surface area contributed by atoms with Gasteiger partial charge >= 0.3 is 0 Å². The van der Waals surface area contributed by atoms with Crippen molar-refractivity contribution in [2.75, 3.05) is 13.1 Å². The van der Waals surface area contributed by atoms with Crippen LogP contribution in [0, 0.1) is 25.7 Å². The van der Waals surface area contributed by atoms with Gasteiger partial charge in [0.1, 0.15) is 0 Å². The van der Waals surface area contributed by atoms with E-state index < -0.39 is 5.41 Å². The minimum atomic E-state index is -0.410. The SMILES string of the molecule is CCn1cc(C(=O)N[C@@H]2C[C@H]3CN(C(=O)C(C)C)C[C@@]3(c3nc(C)no3)C2)c(C)n1. The summed E-state index contributed by atoms with van der Waals surface area (Å²) in [6.07, 6.45) is 3.24. The van der Waals surface area contributed by atoms with E-state index in [9.17, 15) is 9.59 Å². The molecule has 4 rings (SSSR count). The van der Waals surface area contributed by atoms with E-state index in [1.54, 1.807) is 17.8 Å². The number of rotatable bonds is 5. The molecule has 2 amide bonds. The third kappa shape index (κ3) is 3.40. The Bertz CT molecular complexity index is 964. The van der Waals surface area contributed by atoms with Crippen LogP contribution in [0.5, 0.6) is 0 Å². The number of aromatic nitrogens is 4. The largest absolute Gasteiger partial charge is 0.349 e. The van der Waals surface area contributed by atoms with Gasteiger partial charge in [0.15, 0.2) is 5.82 Å². The maximum Gasteiger partial charge on any atom is 0.254 e. The second-order valence-electron chi connectivity index (χ2n) is 8.97. The number of likely N-dealkylation sites (tertiary alicyclic amines) is 1. The van der Waals surface area contributed by atoms with Gasteiger partial charge in [-0.3, -0.25) is 14.3 Å². The minimum Gasteiger partial charge on any atom is -0.349 e. The summed E-state index contributed by atoms with van der Waals surface area (Å²) in [5.74, 6) is 1.31. The third-order valence-electron chi connectivity index (χ3n) is 6.48. The van der Waals surface area contributed by atoms with E-state index in [2.05, 4.69) is 20.6 Å². The van der Waals surface area contributed by atoms with Crippen LogP contribution >= 0.6 is 0 Å². The highest BCUT2D eigenvalue weighted by molar-refractivity contribution is 5.95. The Morgan fingerprint density at radius 3 is 2.73 bits per heavy atom. The zero-order valence-electron chi connectivity index (χ0n) is 18.3. The minimum absolute atomic E-state index is 0.0182. The van der Waals surface area contributed by atoms with Crippen molar-refractivity contribution < 1.29 is 14.1 Å². The molecule has 2 aromatic rings. The smallest absolute Gasteiger partial charge is 0.254 e. The number of nitrogens with one attached hydrogen (secondary N) is 1. The van der Waals surface area contributed by atoms with Crippen LogP contribution in [-0.2, 0) is 16.8 Å². The average molecular weight is 415 g/mol. The topological polar surface area (TPSA) is 106 Å². The molecule has 9 nitrogen and oxygen atoms in total. The van der Waals surface area contributed by atoms with E-state index in [0.717, 1.165) is 18.7 Å². The van der Waals surface area contributed by atoms with Crippen LogP contribution in [0.15, 0.2) is 10.7 Å². The number of hydrogen-bond donors (Lipinski definition) is 1. The Morgan fingerprint density at radius 2 is 2.13 bits per heavy atom. The fourth-order valence-electron chi connectivity index (χ4n) is 5.01. The van der Waals surface area contributed by atoms with Gasteiger partial charge in [0.2, 0.25) is 11.8 Å². The molecule has 3 heterocycles. The van der Waals surface area contributed by atoms with Gasteiger partial charge in [0, 0.05) is 37.8 Å². The molecule has 162 valence electrons. The lowest BCUT2D eigenvalue weighted by molar-refractivity contribution is -0.133. The Hall–Kier alpha value is -2.71. The maximum absolute atomic E-state index is 12.9. The predicted molar refractivity (Wildman–Crippen MR) is 109 cm³/mol. The molecule has 1 aliphatic carbocycles. The van der Waals surface area contributed by atoms with Crippen molar-refractivity contribution in [1.82, 2.24) is 30.1 Å². The van der Waals surface area contributed by atoms with Crippen molar-refractivity contribution in [3.05, 3.63) is 29.2 Å². The molecule has 9 heteroatoms. The van der Waals surface area contributed by atoms with Gasteiger partial charge in [-0.15, -0.1) is 0 Å². The molecule has 3 atom stereocenters. The van der Waals surface area contributed by atoms with E-state index in [1.807, 2.05) is 32.6 Å². The van der Waals surface area contributed by atoms with Crippen molar-refractivity contribution >= 4 is 11.8 Å². The Kier molecular flexibility index (Phi) is 5.15. The molecule has 1 saturated carbocycles. The first-order valence-corrected chi connectivity index (χ1v) is 10.7. The van der Waals surface area contributed by atoms with Crippen LogP contribution in [0.25, 0.3) is 0 Å². The third-order valence-corrected chi connectivity index (χ3v) is 6.48. The molecule has 1 saturated heterocycles. The molecule has 2 fully saturated rings. The fraction of sp³-hybridized carbons (Fsp3) is 0.667. The molecule has 1 N–H and O–H groups in total. The van der Waals surface area contributed by atoms with Gasteiger partial charge in [0.25, 0.3) is 5.91 Å². The van der Waals surface area contributed by atoms with Crippen LogP contribution in [0.1, 0.15) is 61.4 Å². The second-order valence-corrected chi connectivity index (χ2v) is 8.97. The summed E-state index contributed by atoms with van der Waals surface area (Å²) in [6.45, 7) is 11.4. The normalized spacial score (nSPS) is 25.7. The highest BCUT2D eigenvalue weighted by atomic mass is 16.5. The molecule has 30 heavy (non-hydrogen) atoms. The van der Waals surface area contributed by atoms with Crippen LogP contribution in [0.2, 0.25) is 0 Å². The van der Waals surface area contributed by atoms with Crippen molar-refractivity contribution in [3.8, 4) is 0 Å². The summed E-state index contributed by atoms with van der Waals surface area (Å²) < 4.78 is 7.36. The van der Waals surface area contributed by atoms with Crippen molar-refractivity contribution in [1.29, 1.82) is 0 Å². The van der Waals surface area contributed by atoms with Gasteiger partial charge in [-0.25, -0.2) is 0 Å². The average Bonchev–Trinajstić information content (AvgIpc) is 3.43. The molecule has 2 aromatic heterocycles. The molecular weight excluding hydrogens is 384 g/mol. The highest BCUT2D eigenvalue weighted by Crippen LogP contribution is 2.50.